The van der Waals surface area contributed by atoms with Crippen molar-refractivity contribution in [2.24, 2.45) is 10.2 Å². The Morgan fingerprint density at radius 2 is 1.80 bits per heavy atom. The highest BCUT2D eigenvalue weighted by Gasteiger charge is 2.13. The Bertz CT molecular complexity index is 555. The van der Waals surface area contributed by atoms with Crippen LogP contribution < -0.4 is 0 Å². The fourth-order valence-electron chi connectivity index (χ4n) is 1.33. The maximum Gasteiger partial charge on any atom is 0.362 e. The summed E-state index contributed by atoms with van der Waals surface area (Å²) in [7, 11) is 0. The minimum atomic E-state index is -0.739. The van der Waals surface area contributed by atoms with Crippen LogP contribution in [0.1, 0.15) is 31.1 Å². The Labute approximate surface area is 116 Å². The van der Waals surface area contributed by atoms with E-state index in [2.05, 4.69) is 10.2 Å². The van der Waals surface area contributed by atoms with Crippen molar-refractivity contribution in [3.8, 4) is 0 Å². The number of carbonyl (C=O) groups excluding carboxylic acids is 2. The highest BCUT2D eigenvalue weighted by atomic mass is 16.5. The van der Waals surface area contributed by atoms with E-state index >= 15 is 0 Å². The molecule has 0 aromatic heterocycles. The van der Waals surface area contributed by atoms with Crippen molar-refractivity contribution in [1.29, 1.82) is 0 Å². The highest BCUT2D eigenvalue weighted by molar-refractivity contribution is 5.94. The molecule has 0 fully saturated rings. The van der Waals surface area contributed by atoms with Gasteiger partial charge in [-0.3, -0.25) is 4.79 Å². The molecule has 20 heavy (non-hydrogen) atoms. The molecule has 0 saturated carbocycles. The fourth-order valence-corrected chi connectivity index (χ4v) is 1.33. The van der Waals surface area contributed by atoms with Crippen LogP contribution >= 0.6 is 0 Å². The molecule has 0 amide bonds. The van der Waals surface area contributed by atoms with E-state index < -0.39 is 5.97 Å². The first-order valence-electron chi connectivity index (χ1n) is 6.05. The Morgan fingerprint density at radius 1 is 1.20 bits per heavy atom. The summed E-state index contributed by atoms with van der Waals surface area (Å²) in [6.07, 6.45) is 0. The molecule has 0 unspecified atom stereocenters. The number of allylic oxidation sites excluding steroid dienone is 1. The van der Waals surface area contributed by atoms with Gasteiger partial charge in [0.25, 0.3) is 0 Å². The van der Waals surface area contributed by atoms with Gasteiger partial charge in [-0.1, -0.05) is 0 Å². The predicted molar refractivity (Wildman–Crippen MR) is 72.9 cm³/mol. The van der Waals surface area contributed by atoms with Gasteiger partial charge in [0.15, 0.2) is 5.78 Å². The summed E-state index contributed by atoms with van der Waals surface area (Å²) in [5.74, 6) is -1.06. The van der Waals surface area contributed by atoms with Crippen LogP contribution in [0, 0.1) is 0 Å². The van der Waals surface area contributed by atoms with Crippen LogP contribution in [0.4, 0.5) is 5.69 Å². The van der Waals surface area contributed by atoms with Crippen LogP contribution in [-0.2, 0) is 9.53 Å². The summed E-state index contributed by atoms with van der Waals surface area (Å²) in [6.45, 7) is 4.62. The third-order valence-corrected chi connectivity index (χ3v) is 2.35. The van der Waals surface area contributed by atoms with Gasteiger partial charge in [0.05, 0.1) is 12.3 Å². The number of hydrogen-bond donors (Lipinski definition) is 1. The summed E-state index contributed by atoms with van der Waals surface area (Å²) >= 11 is 0. The largest absolute Gasteiger partial charge is 0.510 e. The lowest BCUT2D eigenvalue weighted by atomic mass is 10.1. The van der Waals surface area contributed by atoms with Crippen LogP contribution in [0.5, 0.6) is 0 Å². The van der Waals surface area contributed by atoms with Crippen molar-refractivity contribution in [3.63, 3.8) is 0 Å². The van der Waals surface area contributed by atoms with E-state index in [9.17, 15) is 14.7 Å². The van der Waals surface area contributed by atoms with Crippen molar-refractivity contribution in [2.75, 3.05) is 6.61 Å². The van der Waals surface area contributed by atoms with Crippen LogP contribution in [0.3, 0.4) is 0 Å². The summed E-state index contributed by atoms with van der Waals surface area (Å²) in [4.78, 5) is 22.6. The number of rotatable bonds is 5. The second kappa shape index (κ2) is 7.18. The quantitative estimate of drug-likeness (QED) is 0.294. The molecule has 1 rings (SSSR count). The second-order valence-electron chi connectivity index (χ2n) is 3.96. The van der Waals surface area contributed by atoms with E-state index in [1.54, 1.807) is 31.2 Å². The molecule has 1 N–H and O–H groups in total. The van der Waals surface area contributed by atoms with Gasteiger partial charge in [-0.25, -0.2) is 4.79 Å². The topological polar surface area (TPSA) is 88.3 Å². The SMILES string of the molecule is CCOC(=O)C(N=Nc1ccc(C(C)=O)cc1)=C(C)O. The minimum absolute atomic E-state index is 0.0493. The molecule has 0 aliphatic carbocycles. The number of aliphatic hydroxyl groups excluding tert-OH is 1. The van der Waals surface area contributed by atoms with Gasteiger partial charge >= 0.3 is 5.97 Å². The lowest BCUT2D eigenvalue weighted by Crippen LogP contribution is -2.07. The van der Waals surface area contributed by atoms with Gasteiger partial charge in [0.1, 0.15) is 5.76 Å². The molecule has 0 bridgehead atoms. The molecule has 106 valence electrons. The third kappa shape index (κ3) is 4.31. The zero-order chi connectivity index (χ0) is 15.1. The van der Waals surface area contributed by atoms with E-state index in [0.717, 1.165) is 0 Å². The molecule has 0 spiro atoms. The van der Waals surface area contributed by atoms with Crippen LogP contribution in [0.25, 0.3) is 0 Å². The van der Waals surface area contributed by atoms with Gasteiger partial charge in [-0.2, -0.15) is 5.11 Å². The molecule has 1 aromatic rings. The number of Topliss-reactive ketones (excluding diaryl/α,β-unsaturated/α-hetero) is 1. The first-order chi connectivity index (χ1) is 9.45. The Kier molecular flexibility index (Phi) is 5.58. The van der Waals surface area contributed by atoms with E-state index in [1.165, 1.54) is 13.8 Å². The van der Waals surface area contributed by atoms with E-state index in [0.29, 0.717) is 11.3 Å². The average molecular weight is 276 g/mol. The smallest absolute Gasteiger partial charge is 0.362 e. The molecular formula is C14H16N2O4. The van der Waals surface area contributed by atoms with Gasteiger partial charge in [0, 0.05) is 5.56 Å². The monoisotopic (exact) mass is 276 g/mol. The lowest BCUT2D eigenvalue weighted by Gasteiger charge is -2.02. The zero-order valence-electron chi connectivity index (χ0n) is 11.6. The summed E-state index contributed by atoms with van der Waals surface area (Å²) in [5, 5.41) is 16.9. The average Bonchev–Trinajstić information content (AvgIpc) is 2.39. The molecule has 0 radical (unpaired) electrons. The maximum absolute atomic E-state index is 11.5. The van der Waals surface area contributed by atoms with Crippen molar-refractivity contribution in [3.05, 3.63) is 41.3 Å². The summed E-state index contributed by atoms with van der Waals surface area (Å²) < 4.78 is 4.75. The Hall–Kier alpha value is -2.50. The molecule has 0 aliphatic heterocycles. The zero-order valence-corrected chi connectivity index (χ0v) is 11.6. The number of carbonyl (C=O) groups is 2. The van der Waals surface area contributed by atoms with Gasteiger partial charge < -0.3 is 9.84 Å². The maximum atomic E-state index is 11.5. The number of hydrogen-bond acceptors (Lipinski definition) is 6. The van der Waals surface area contributed by atoms with Crippen LogP contribution in [0.2, 0.25) is 0 Å². The van der Waals surface area contributed by atoms with Crippen LogP contribution in [0.15, 0.2) is 46.0 Å². The first kappa shape index (κ1) is 15.6. The number of benzene rings is 1. The third-order valence-electron chi connectivity index (χ3n) is 2.35. The van der Waals surface area contributed by atoms with E-state index in [1.807, 2.05) is 0 Å². The van der Waals surface area contributed by atoms with Crippen molar-refractivity contribution in [2.45, 2.75) is 20.8 Å². The fraction of sp³-hybridized carbons (Fsp3) is 0.286. The normalized spacial score (nSPS) is 12.2. The van der Waals surface area contributed by atoms with Crippen molar-refractivity contribution >= 4 is 17.4 Å². The molecule has 0 heterocycles. The van der Waals surface area contributed by atoms with Crippen molar-refractivity contribution in [1.82, 2.24) is 0 Å². The predicted octanol–water partition coefficient (Wildman–Crippen LogP) is 3.33. The number of esters is 1. The number of ketones is 1. The molecule has 6 heteroatoms. The van der Waals surface area contributed by atoms with Crippen molar-refractivity contribution < 1.29 is 19.4 Å². The molecule has 6 nitrogen and oxygen atoms in total. The van der Waals surface area contributed by atoms with Gasteiger partial charge in [0.2, 0.25) is 5.70 Å². The standard InChI is InChI=1S/C14H16N2O4/c1-4-20-14(19)13(10(3)18)16-15-12-7-5-11(6-8-12)9(2)17/h5-8,18H,4H2,1-3H3. The molecule has 0 atom stereocenters. The number of aliphatic hydroxyl groups is 1. The number of azo groups is 1. The van der Waals surface area contributed by atoms with Gasteiger partial charge in [-0.15, -0.1) is 5.11 Å². The lowest BCUT2D eigenvalue weighted by molar-refractivity contribution is -0.138. The number of ether oxygens (including phenoxy) is 1. The number of nitrogens with zero attached hydrogens (tertiary/aromatic N) is 2. The molecular weight excluding hydrogens is 260 g/mol. The van der Waals surface area contributed by atoms with E-state index in [4.69, 9.17) is 4.74 Å². The molecule has 1 aromatic carbocycles. The first-order valence-corrected chi connectivity index (χ1v) is 6.05. The highest BCUT2D eigenvalue weighted by Crippen LogP contribution is 2.16. The molecule has 0 aliphatic rings. The minimum Gasteiger partial charge on any atom is -0.510 e. The van der Waals surface area contributed by atoms with Crippen LogP contribution in [-0.4, -0.2) is 23.5 Å². The van der Waals surface area contributed by atoms with Gasteiger partial charge in [-0.05, 0) is 45.0 Å². The van der Waals surface area contributed by atoms with E-state index in [-0.39, 0.29) is 23.8 Å². The summed E-state index contributed by atoms with van der Waals surface area (Å²) in [6, 6.07) is 6.40. The molecule has 0 saturated heterocycles. The Morgan fingerprint density at radius 3 is 2.25 bits per heavy atom. The second-order valence-corrected chi connectivity index (χ2v) is 3.96. The Balaban J connectivity index is 2.92. The summed E-state index contributed by atoms with van der Waals surface area (Å²) in [5.41, 5.74) is 0.768.